The quantitative estimate of drug-likeness (QED) is 0.589. The van der Waals surface area contributed by atoms with Crippen molar-refractivity contribution in [2.75, 3.05) is 0 Å². The molecule has 0 aliphatic heterocycles. The van der Waals surface area contributed by atoms with Crippen LogP contribution in [0.2, 0.25) is 0 Å². The minimum absolute atomic E-state index is 0.0290. The number of rotatable bonds is 1. The lowest BCUT2D eigenvalue weighted by atomic mass is 9.80. The van der Waals surface area contributed by atoms with Crippen molar-refractivity contribution in [2.45, 2.75) is 19.4 Å². The van der Waals surface area contributed by atoms with E-state index in [1.807, 2.05) is 26.0 Å². The molecule has 0 radical (unpaired) electrons. The van der Waals surface area contributed by atoms with E-state index in [0.29, 0.717) is 0 Å². The molecule has 1 rings (SSSR count). The number of allylic oxidation sites excluding steroid dienone is 2. The first-order valence-corrected chi connectivity index (χ1v) is 3.93. The zero-order valence-electron chi connectivity index (χ0n) is 7.37. The number of hydrogen-bond acceptors (Lipinski definition) is 2. The van der Waals surface area contributed by atoms with Gasteiger partial charge in [-0.3, -0.25) is 4.79 Å². The van der Waals surface area contributed by atoms with Gasteiger partial charge in [0.25, 0.3) is 0 Å². The molecule has 0 aromatic carbocycles. The zero-order valence-corrected chi connectivity index (χ0v) is 7.37. The fourth-order valence-electron chi connectivity index (χ4n) is 1.31. The van der Waals surface area contributed by atoms with Crippen molar-refractivity contribution in [3.63, 3.8) is 0 Å². The van der Waals surface area contributed by atoms with Gasteiger partial charge in [-0.05, 0) is 6.92 Å². The Morgan fingerprint density at radius 2 is 2.25 bits per heavy atom. The SMILES string of the molecule is CC1=CC(N)(C(N)=O)C(C)C=C1. The van der Waals surface area contributed by atoms with E-state index in [-0.39, 0.29) is 5.92 Å². The third kappa shape index (κ3) is 1.28. The molecule has 2 unspecified atom stereocenters. The van der Waals surface area contributed by atoms with Crippen molar-refractivity contribution in [2.24, 2.45) is 17.4 Å². The molecule has 0 fully saturated rings. The average molecular weight is 166 g/mol. The van der Waals surface area contributed by atoms with Crippen LogP contribution in [0.25, 0.3) is 0 Å². The van der Waals surface area contributed by atoms with Gasteiger partial charge < -0.3 is 11.5 Å². The largest absolute Gasteiger partial charge is 0.368 e. The molecule has 1 amide bonds. The fraction of sp³-hybridized carbons (Fsp3) is 0.444. The number of primary amides is 1. The summed E-state index contributed by atoms with van der Waals surface area (Å²) in [4.78, 5) is 11.1. The monoisotopic (exact) mass is 166 g/mol. The van der Waals surface area contributed by atoms with E-state index in [4.69, 9.17) is 11.5 Å². The molecular formula is C9H14N2O. The van der Waals surface area contributed by atoms with Crippen LogP contribution in [-0.4, -0.2) is 11.4 Å². The van der Waals surface area contributed by atoms with Gasteiger partial charge in [0.05, 0.1) is 0 Å². The maximum atomic E-state index is 11.1. The highest BCUT2D eigenvalue weighted by atomic mass is 16.1. The van der Waals surface area contributed by atoms with Crippen LogP contribution in [0.3, 0.4) is 0 Å². The Balaban J connectivity index is 3.05. The van der Waals surface area contributed by atoms with Gasteiger partial charge in [-0.2, -0.15) is 0 Å². The molecule has 3 nitrogen and oxygen atoms in total. The molecule has 1 aliphatic carbocycles. The Hall–Kier alpha value is -1.09. The minimum atomic E-state index is -1.00. The second kappa shape index (κ2) is 2.75. The van der Waals surface area contributed by atoms with E-state index >= 15 is 0 Å². The second-order valence-electron chi connectivity index (χ2n) is 3.33. The Morgan fingerprint density at radius 3 is 2.67 bits per heavy atom. The van der Waals surface area contributed by atoms with Crippen LogP contribution in [0.15, 0.2) is 23.8 Å². The smallest absolute Gasteiger partial charge is 0.242 e. The molecule has 12 heavy (non-hydrogen) atoms. The van der Waals surface area contributed by atoms with E-state index in [1.165, 1.54) is 0 Å². The van der Waals surface area contributed by atoms with Crippen molar-refractivity contribution in [3.8, 4) is 0 Å². The van der Waals surface area contributed by atoms with Crippen LogP contribution in [-0.2, 0) is 4.79 Å². The van der Waals surface area contributed by atoms with Crippen LogP contribution in [0.5, 0.6) is 0 Å². The predicted molar refractivity (Wildman–Crippen MR) is 48.2 cm³/mol. The second-order valence-corrected chi connectivity index (χ2v) is 3.33. The summed E-state index contributed by atoms with van der Waals surface area (Å²) in [6, 6.07) is 0. The highest BCUT2D eigenvalue weighted by Gasteiger charge is 2.35. The molecular weight excluding hydrogens is 152 g/mol. The summed E-state index contributed by atoms with van der Waals surface area (Å²) in [5.41, 5.74) is 11.0. The van der Waals surface area contributed by atoms with Crippen molar-refractivity contribution < 1.29 is 4.79 Å². The van der Waals surface area contributed by atoms with Gasteiger partial charge in [-0.15, -0.1) is 0 Å². The van der Waals surface area contributed by atoms with E-state index in [1.54, 1.807) is 6.08 Å². The summed E-state index contributed by atoms with van der Waals surface area (Å²) >= 11 is 0. The Kier molecular flexibility index (Phi) is 2.06. The lowest BCUT2D eigenvalue weighted by molar-refractivity contribution is -0.122. The summed E-state index contributed by atoms with van der Waals surface area (Å²) in [5, 5.41) is 0. The Labute approximate surface area is 72.1 Å². The summed E-state index contributed by atoms with van der Waals surface area (Å²) in [6.07, 6.45) is 5.57. The molecule has 0 spiro atoms. The van der Waals surface area contributed by atoms with Gasteiger partial charge in [0.1, 0.15) is 5.54 Å². The molecule has 0 bridgehead atoms. The third-order valence-corrected chi connectivity index (χ3v) is 2.29. The van der Waals surface area contributed by atoms with Crippen LogP contribution >= 0.6 is 0 Å². The molecule has 2 atom stereocenters. The van der Waals surface area contributed by atoms with E-state index in [9.17, 15) is 4.79 Å². The van der Waals surface area contributed by atoms with Gasteiger partial charge in [0.2, 0.25) is 5.91 Å². The van der Waals surface area contributed by atoms with Crippen LogP contribution in [0, 0.1) is 5.92 Å². The van der Waals surface area contributed by atoms with E-state index in [0.717, 1.165) is 5.57 Å². The van der Waals surface area contributed by atoms with Crippen molar-refractivity contribution in [1.29, 1.82) is 0 Å². The molecule has 4 N–H and O–H groups in total. The number of nitrogens with two attached hydrogens (primary N) is 2. The Morgan fingerprint density at radius 1 is 1.67 bits per heavy atom. The summed E-state index contributed by atoms with van der Waals surface area (Å²) in [6.45, 7) is 3.77. The summed E-state index contributed by atoms with van der Waals surface area (Å²) in [5.74, 6) is -0.502. The zero-order chi connectivity index (χ0) is 9.35. The molecule has 66 valence electrons. The van der Waals surface area contributed by atoms with Crippen LogP contribution in [0.1, 0.15) is 13.8 Å². The van der Waals surface area contributed by atoms with Crippen LogP contribution in [0.4, 0.5) is 0 Å². The van der Waals surface area contributed by atoms with Gasteiger partial charge in [0, 0.05) is 5.92 Å². The fourth-order valence-corrected chi connectivity index (χ4v) is 1.31. The summed E-state index contributed by atoms with van der Waals surface area (Å²) in [7, 11) is 0. The molecule has 0 aromatic rings. The van der Waals surface area contributed by atoms with Crippen molar-refractivity contribution in [3.05, 3.63) is 23.8 Å². The highest BCUT2D eigenvalue weighted by Crippen LogP contribution is 2.24. The molecule has 0 heterocycles. The summed E-state index contributed by atoms with van der Waals surface area (Å²) < 4.78 is 0. The van der Waals surface area contributed by atoms with Crippen molar-refractivity contribution >= 4 is 5.91 Å². The van der Waals surface area contributed by atoms with Gasteiger partial charge in [-0.1, -0.05) is 30.7 Å². The lowest BCUT2D eigenvalue weighted by Crippen LogP contribution is -2.55. The molecule has 0 saturated heterocycles. The maximum absolute atomic E-state index is 11.1. The first-order valence-electron chi connectivity index (χ1n) is 3.93. The molecule has 0 saturated carbocycles. The average Bonchev–Trinajstić information content (AvgIpc) is 1.97. The predicted octanol–water partition coefficient (Wildman–Crippen LogP) is 0.321. The van der Waals surface area contributed by atoms with E-state index < -0.39 is 11.4 Å². The van der Waals surface area contributed by atoms with Crippen molar-refractivity contribution in [1.82, 2.24) is 0 Å². The highest BCUT2D eigenvalue weighted by molar-refractivity contribution is 5.88. The third-order valence-electron chi connectivity index (χ3n) is 2.29. The number of amides is 1. The minimum Gasteiger partial charge on any atom is -0.368 e. The van der Waals surface area contributed by atoms with Gasteiger partial charge >= 0.3 is 0 Å². The number of hydrogen-bond donors (Lipinski definition) is 2. The first-order chi connectivity index (χ1) is 5.47. The molecule has 3 heteroatoms. The molecule has 1 aliphatic rings. The topological polar surface area (TPSA) is 69.1 Å². The first kappa shape index (κ1) is 9.00. The number of carbonyl (C=O) groups is 1. The van der Waals surface area contributed by atoms with E-state index in [2.05, 4.69) is 0 Å². The van der Waals surface area contributed by atoms with Gasteiger partial charge in [0.15, 0.2) is 0 Å². The lowest BCUT2D eigenvalue weighted by Gasteiger charge is -2.30. The normalized spacial score (nSPS) is 34.6. The maximum Gasteiger partial charge on any atom is 0.242 e. The molecule has 0 aromatic heterocycles. The standard InChI is InChI=1S/C9H14N2O/c1-6-3-4-7(2)9(11,5-6)8(10)12/h3-5,7H,11H2,1-2H3,(H2,10,12). The van der Waals surface area contributed by atoms with Crippen LogP contribution < -0.4 is 11.5 Å². The Bertz CT molecular complexity index is 268. The number of carbonyl (C=O) groups excluding carboxylic acids is 1. The van der Waals surface area contributed by atoms with Gasteiger partial charge in [-0.25, -0.2) is 0 Å².